The summed E-state index contributed by atoms with van der Waals surface area (Å²) in [6.07, 6.45) is 5.71. The lowest BCUT2D eigenvalue weighted by Crippen LogP contribution is -2.31. The van der Waals surface area contributed by atoms with Gasteiger partial charge in [0, 0.05) is 5.92 Å². The third kappa shape index (κ3) is 1.14. The zero-order valence-electron chi connectivity index (χ0n) is 8.86. The summed E-state index contributed by atoms with van der Waals surface area (Å²) in [4.78, 5) is 23.4. The monoisotopic (exact) mass is 210 g/mol. The molecule has 0 spiro atoms. The van der Waals surface area contributed by atoms with Gasteiger partial charge in [0.25, 0.3) is 0 Å². The summed E-state index contributed by atoms with van der Waals surface area (Å²) in [6, 6.07) is 0. The van der Waals surface area contributed by atoms with Crippen molar-refractivity contribution in [1.82, 2.24) is 0 Å². The first-order chi connectivity index (χ1) is 7.19. The van der Waals surface area contributed by atoms with E-state index >= 15 is 0 Å². The van der Waals surface area contributed by atoms with Gasteiger partial charge in [0.1, 0.15) is 0 Å². The SMILES string of the molecule is COC(=O)C1(C(=O)OC)[C@@H]2C=CCC[C@@H]21. The van der Waals surface area contributed by atoms with E-state index < -0.39 is 17.4 Å². The van der Waals surface area contributed by atoms with Crippen LogP contribution in [0.4, 0.5) is 0 Å². The topological polar surface area (TPSA) is 52.6 Å². The lowest BCUT2D eigenvalue weighted by atomic mass is 10.0. The Morgan fingerprint density at radius 3 is 2.27 bits per heavy atom. The van der Waals surface area contributed by atoms with Crippen molar-refractivity contribution in [2.24, 2.45) is 17.3 Å². The van der Waals surface area contributed by atoms with Gasteiger partial charge in [0.2, 0.25) is 0 Å². The molecule has 15 heavy (non-hydrogen) atoms. The standard InChI is InChI=1S/C11H14O4/c1-14-9(12)11(10(13)15-2)7-5-3-4-6-8(7)11/h3,5,7-8H,4,6H2,1-2H3/t7-,8+/m1/s1. The molecular formula is C11H14O4. The molecule has 2 atom stereocenters. The summed E-state index contributed by atoms with van der Waals surface area (Å²) >= 11 is 0. The lowest BCUT2D eigenvalue weighted by molar-refractivity contribution is -0.162. The smallest absolute Gasteiger partial charge is 0.324 e. The Balaban J connectivity index is 2.31. The van der Waals surface area contributed by atoms with Crippen molar-refractivity contribution in [3.63, 3.8) is 0 Å². The minimum Gasteiger partial charge on any atom is -0.468 e. The van der Waals surface area contributed by atoms with Crippen molar-refractivity contribution in [3.8, 4) is 0 Å². The Labute approximate surface area is 88.2 Å². The van der Waals surface area contributed by atoms with Crippen LogP contribution in [0.15, 0.2) is 12.2 Å². The number of carbonyl (C=O) groups is 2. The quantitative estimate of drug-likeness (QED) is 0.386. The van der Waals surface area contributed by atoms with Crippen LogP contribution in [0.2, 0.25) is 0 Å². The third-order valence-electron chi connectivity index (χ3n) is 3.47. The van der Waals surface area contributed by atoms with Crippen LogP contribution in [-0.4, -0.2) is 26.2 Å². The Morgan fingerprint density at radius 2 is 1.87 bits per heavy atom. The molecule has 0 saturated heterocycles. The van der Waals surface area contributed by atoms with Gasteiger partial charge in [0.15, 0.2) is 5.41 Å². The number of hydrogen-bond acceptors (Lipinski definition) is 4. The van der Waals surface area contributed by atoms with E-state index in [-0.39, 0.29) is 11.8 Å². The Kier molecular flexibility index (Phi) is 2.29. The highest BCUT2D eigenvalue weighted by molar-refractivity contribution is 6.05. The number of hydrogen-bond donors (Lipinski definition) is 0. The maximum absolute atomic E-state index is 11.7. The van der Waals surface area contributed by atoms with Crippen molar-refractivity contribution >= 4 is 11.9 Å². The number of ether oxygens (including phenoxy) is 2. The van der Waals surface area contributed by atoms with Crippen molar-refractivity contribution in [1.29, 1.82) is 0 Å². The molecule has 0 heterocycles. The van der Waals surface area contributed by atoms with Crippen LogP contribution in [0.3, 0.4) is 0 Å². The van der Waals surface area contributed by atoms with E-state index in [9.17, 15) is 9.59 Å². The molecule has 0 aromatic carbocycles. The molecule has 0 amide bonds. The second-order valence-electron chi connectivity index (χ2n) is 3.99. The van der Waals surface area contributed by atoms with E-state index in [0.717, 1.165) is 12.8 Å². The Morgan fingerprint density at radius 1 is 1.27 bits per heavy atom. The van der Waals surface area contributed by atoms with Gasteiger partial charge in [-0.2, -0.15) is 0 Å². The molecule has 0 bridgehead atoms. The van der Waals surface area contributed by atoms with E-state index in [1.807, 2.05) is 12.2 Å². The van der Waals surface area contributed by atoms with Crippen LogP contribution in [-0.2, 0) is 19.1 Å². The molecule has 0 N–H and O–H groups in total. The van der Waals surface area contributed by atoms with Crippen LogP contribution in [0.1, 0.15) is 12.8 Å². The number of methoxy groups -OCH3 is 2. The fraction of sp³-hybridized carbons (Fsp3) is 0.636. The molecule has 82 valence electrons. The van der Waals surface area contributed by atoms with Gasteiger partial charge in [-0.25, -0.2) is 0 Å². The van der Waals surface area contributed by atoms with Gasteiger partial charge in [-0.1, -0.05) is 12.2 Å². The van der Waals surface area contributed by atoms with Gasteiger partial charge in [0.05, 0.1) is 14.2 Å². The van der Waals surface area contributed by atoms with Gasteiger partial charge < -0.3 is 9.47 Å². The average Bonchev–Trinajstić information content (AvgIpc) is 2.97. The van der Waals surface area contributed by atoms with Crippen molar-refractivity contribution in [2.75, 3.05) is 14.2 Å². The fourth-order valence-electron chi connectivity index (χ4n) is 2.70. The van der Waals surface area contributed by atoms with Gasteiger partial charge in [-0.3, -0.25) is 9.59 Å². The van der Waals surface area contributed by atoms with Crippen LogP contribution in [0.5, 0.6) is 0 Å². The first-order valence-electron chi connectivity index (χ1n) is 5.03. The summed E-state index contributed by atoms with van der Waals surface area (Å²) in [6.45, 7) is 0. The molecular weight excluding hydrogens is 196 g/mol. The van der Waals surface area contributed by atoms with E-state index in [0.29, 0.717) is 0 Å². The lowest BCUT2D eigenvalue weighted by Gasteiger charge is -2.11. The number of esters is 2. The molecule has 2 aliphatic rings. The van der Waals surface area contributed by atoms with Crippen molar-refractivity contribution in [3.05, 3.63) is 12.2 Å². The minimum atomic E-state index is -1.05. The highest BCUT2D eigenvalue weighted by Crippen LogP contribution is 2.64. The summed E-state index contributed by atoms with van der Waals surface area (Å²) in [5, 5.41) is 0. The molecule has 4 nitrogen and oxygen atoms in total. The van der Waals surface area contributed by atoms with E-state index in [4.69, 9.17) is 9.47 Å². The maximum atomic E-state index is 11.7. The first kappa shape index (κ1) is 10.2. The number of allylic oxidation sites excluding steroid dienone is 2. The Hall–Kier alpha value is -1.32. The van der Waals surface area contributed by atoms with Crippen LogP contribution >= 0.6 is 0 Å². The number of carbonyl (C=O) groups excluding carboxylic acids is 2. The molecule has 1 saturated carbocycles. The van der Waals surface area contributed by atoms with Crippen LogP contribution in [0, 0.1) is 17.3 Å². The van der Waals surface area contributed by atoms with E-state index in [2.05, 4.69) is 0 Å². The van der Waals surface area contributed by atoms with Crippen molar-refractivity contribution in [2.45, 2.75) is 12.8 Å². The summed E-state index contributed by atoms with van der Waals surface area (Å²) < 4.78 is 9.44. The molecule has 0 radical (unpaired) electrons. The maximum Gasteiger partial charge on any atom is 0.324 e. The molecule has 0 aromatic rings. The van der Waals surface area contributed by atoms with Gasteiger partial charge in [-0.15, -0.1) is 0 Å². The average molecular weight is 210 g/mol. The van der Waals surface area contributed by atoms with E-state index in [1.54, 1.807) is 0 Å². The second-order valence-corrected chi connectivity index (χ2v) is 3.99. The highest BCUT2D eigenvalue weighted by atomic mass is 16.5. The zero-order valence-corrected chi connectivity index (χ0v) is 8.86. The summed E-state index contributed by atoms with van der Waals surface area (Å²) in [7, 11) is 2.61. The first-order valence-corrected chi connectivity index (χ1v) is 5.03. The van der Waals surface area contributed by atoms with Gasteiger partial charge in [-0.05, 0) is 18.8 Å². The molecule has 0 aromatic heterocycles. The summed E-state index contributed by atoms with van der Waals surface area (Å²) in [5.41, 5.74) is -1.05. The second kappa shape index (κ2) is 3.36. The molecule has 2 aliphatic carbocycles. The highest BCUT2D eigenvalue weighted by Gasteiger charge is 2.75. The predicted molar refractivity (Wildman–Crippen MR) is 51.8 cm³/mol. The predicted octanol–water partition coefficient (Wildman–Crippen LogP) is 0.915. The van der Waals surface area contributed by atoms with Gasteiger partial charge >= 0.3 is 11.9 Å². The van der Waals surface area contributed by atoms with Crippen LogP contribution in [0.25, 0.3) is 0 Å². The third-order valence-corrected chi connectivity index (χ3v) is 3.47. The molecule has 0 unspecified atom stereocenters. The summed E-state index contributed by atoms with van der Waals surface area (Å²) in [5.74, 6) is -0.875. The Bertz CT molecular complexity index is 315. The minimum absolute atomic E-state index is 0.0221. The molecule has 0 aliphatic heterocycles. The van der Waals surface area contributed by atoms with Crippen LogP contribution < -0.4 is 0 Å². The number of rotatable bonds is 2. The van der Waals surface area contributed by atoms with E-state index in [1.165, 1.54) is 14.2 Å². The molecule has 2 rings (SSSR count). The molecule has 1 fully saturated rings. The fourth-order valence-corrected chi connectivity index (χ4v) is 2.70. The normalized spacial score (nSPS) is 30.3. The zero-order chi connectivity index (χ0) is 11.1. The largest absolute Gasteiger partial charge is 0.468 e. The van der Waals surface area contributed by atoms with Crippen molar-refractivity contribution < 1.29 is 19.1 Å². The number of fused-ring (bicyclic) bond motifs is 1. The molecule has 4 heteroatoms.